The molecule has 0 amide bonds. The molecule has 1 fully saturated rings. The Morgan fingerprint density at radius 2 is 1.92 bits per heavy atom. The van der Waals surface area contributed by atoms with E-state index in [0.717, 1.165) is 16.8 Å². The minimum absolute atomic E-state index is 0.300. The topological polar surface area (TPSA) is 96.7 Å². The predicted molar refractivity (Wildman–Crippen MR) is 154 cm³/mol. The average molecular weight is 587 g/mol. The van der Waals surface area contributed by atoms with E-state index in [-0.39, 0.29) is 6.04 Å². The van der Waals surface area contributed by atoms with Crippen LogP contribution < -0.4 is 19.7 Å². The van der Waals surface area contributed by atoms with E-state index in [9.17, 15) is 8.42 Å². The van der Waals surface area contributed by atoms with Gasteiger partial charge in [-0.1, -0.05) is 29.4 Å². The third-order valence-corrected chi connectivity index (χ3v) is 7.87. The Labute approximate surface area is 235 Å². The number of nitrogens with zero attached hydrogens (tertiary/aromatic N) is 2. The van der Waals surface area contributed by atoms with Crippen LogP contribution in [0.25, 0.3) is 0 Å². The smallest absolute Gasteiger partial charge is 0.229 e. The van der Waals surface area contributed by atoms with Crippen LogP contribution in [-0.2, 0) is 10.0 Å². The first kappa shape index (κ1) is 26.4. The van der Waals surface area contributed by atoms with Gasteiger partial charge in [0.05, 0.1) is 30.8 Å². The Balaban J connectivity index is 1.55. The van der Waals surface area contributed by atoms with Crippen LogP contribution in [0.1, 0.15) is 23.5 Å². The number of sulfonamides is 1. The van der Waals surface area contributed by atoms with Crippen molar-refractivity contribution >= 4 is 62.1 Å². The number of hydrogen-bond acceptors (Lipinski definition) is 7. The van der Waals surface area contributed by atoms with Crippen LogP contribution in [0.2, 0.25) is 5.02 Å². The van der Waals surface area contributed by atoms with Crippen molar-refractivity contribution in [3.05, 3.63) is 95.5 Å². The van der Waals surface area contributed by atoms with Crippen LogP contribution >= 0.6 is 35.6 Å². The molecule has 1 saturated heterocycles. The minimum Gasteiger partial charge on any atom is -0.495 e. The van der Waals surface area contributed by atoms with Crippen LogP contribution in [-0.4, -0.2) is 31.9 Å². The molecule has 4 aromatic rings. The van der Waals surface area contributed by atoms with E-state index in [2.05, 4.69) is 15.0 Å². The lowest BCUT2D eigenvalue weighted by molar-refractivity contribution is 0.383. The van der Waals surface area contributed by atoms with E-state index < -0.39 is 16.1 Å². The van der Waals surface area contributed by atoms with Gasteiger partial charge in [-0.05, 0) is 78.9 Å². The highest BCUT2D eigenvalue weighted by molar-refractivity contribution is 7.99. The largest absolute Gasteiger partial charge is 0.495 e. The van der Waals surface area contributed by atoms with Crippen LogP contribution in [0.3, 0.4) is 0 Å². The molecule has 0 radical (unpaired) electrons. The Hall–Kier alpha value is -3.25. The summed E-state index contributed by atoms with van der Waals surface area (Å²) in [4.78, 5) is 7.44. The molecule has 8 nitrogen and oxygen atoms in total. The Morgan fingerprint density at radius 3 is 2.61 bits per heavy atom. The van der Waals surface area contributed by atoms with Crippen LogP contribution in [0.4, 0.5) is 11.4 Å². The molecule has 5 rings (SSSR count). The van der Waals surface area contributed by atoms with E-state index >= 15 is 0 Å². The molecule has 38 heavy (non-hydrogen) atoms. The fraction of sp³-hybridized carbons (Fsp3) is 0.154. The molecule has 1 aliphatic heterocycles. The number of hydrogen-bond donors (Lipinski definition) is 2. The second-order valence-corrected chi connectivity index (χ2v) is 12.1. The molecule has 0 aliphatic carbocycles. The molecule has 3 heterocycles. The summed E-state index contributed by atoms with van der Waals surface area (Å²) in [6, 6.07) is 21.5. The third-order valence-electron chi connectivity index (χ3n) is 5.78. The Kier molecular flexibility index (Phi) is 7.53. The summed E-state index contributed by atoms with van der Waals surface area (Å²) in [6.07, 6.45) is 2.81. The van der Waals surface area contributed by atoms with Gasteiger partial charge in [-0.2, -0.15) is 0 Å². The normalized spacial score (nSPS) is 17.3. The number of methoxy groups -OCH3 is 1. The van der Waals surface area contributed by atoms with Crippen LogP contribution in [0.15, 0.2) is 93.4 Å². The molecule has 0 bridgehead atoms. The summed E-state index contributed by atoms with van der Waals surface area (Å²) < 4.78 is 38.2. The van der Waals surface area contributed by atoms with Crippen molar-refractivity contribution < 1.29 is 17.6 Å². The lowest BCUT2D eigenvalue weighted by Crippen LogP contribution is -2.29. The summed E-state index contributed by atoms with van der Waals surface area (Å²) in [5.41, 5.74) is 1.74. The molecule has 0 saturated carbocycles. The van der Waals surface area contributed by atoms with Crippen molar-refractivity contribution in [2.45, 2.75) is 22.1 Å². The number of halogens is 1. The summed E-state index contributed by atoms with van der Waals surface area (Å²) >= 11 is 13.3. The number of benzene rings is 2. The van der Waals surface area contributed by atoms with Gasteiger partial charge in [0, 0.05) is 21.8 Å². The first-order valence-corrected chi connectivity index (χ1v) is 14.9. The fourth-order valence-electron chi connectivity index (χ4n) is 4.21. The molecule has 12 heteroatoms. The van der Waals surface area contributed by atoms with Gasteiger partial charge < -0.3 is 19.4 Å². The molecule has 196 valence electrons. The molecule has 2 atom stereocenters. The molecule has 0 unspecified atom stereocenters. The summed E-state index contributed by atoms with van der Waals surface area (Å²) in [7, 11) is -2.07. The lowest BCUT2D eigenvalue weighted by atomic mass is 10.0. The van der Waals surface area contributed by atoms with Gasteiger partial charge in [0.1, 0.15) is 17.6 Å². The molecular formula is C26H23ClN4O4S3. The highest BCUT2D eigenvalue weighted by Gasteiger charge is 2.42. The summed E-state index contributed by atoms with van der Waals surface area (Å²) in [6.45, 7) is 0. The maximum atomic E-state index is 12.0. The standard InChI is InChI=1S/C26H23ClN4O4S3/c1-34-21-11-8-17(15-20(21)30-38(2,32)33)31-25(24(29-26(31)36)19-5-3-4-14-28-19)22-12-13-23(35-22)37-18-9-6-16(27)7-10-18/h3-15,24-25,30H,1-2H3,(H,29,36)/t24-,25-/m1/s1. The van der Waals surface area contributed by atoms with E-state index in [1.54, 1.807) is 18.3 Å². The van der Waals surface area contributed by atoms with Gasteiger partial charge in [0.2, 0.25) is 10.0 Å². The highest BCUT2D eigenvalue weighted by atomic mass is 35.5. The van der Waals surface area contributed by atoms with Crippen molar-refractivity contribution in [2.24, 2.45) is 0 Å². The van der Waals surface area contributed by atoms with Crippen molar-refractivity contribution in [3.8, 4) is 5.75 Å². The number of anilines is 2. The number of aromatic nitrogens is 1. The zero-order valence-electron chi connectivity index (χ0n) is 20.3. The number of nitrogens with one attached hydrogen (secondary N) is 2. The van der Waals surface area contributed by atoms with E-state index in [4.69, 9.17) is 33.0 Å². The minimum atomic E-state index is -3.55. The molecule has 2 N–H and O–H groups in total. The Bertz CT molecular complexity index is 1560. The van der Waals surface area contributed by atoms with Gasteiger partial charge in [-0.3, -0.25) is 9.71 Å². The Morgan fingerprint density at radius 1 is 1.13 bits per heavy atom. The second-order valence-electron chi connectivity index (χ2n) is 8.47. The number of furan rings is 1. The second kappa shape index (κ2) is 10.9. The van der Waals surface area contributed by atoms with Crippen molar-refractivity contribution in [3.63, 3.8) is 0 Å². The van der Waals surface area contributed by atoms with Gasteiger partial charge in [-0.15, -0.1) is 0 Å². The SMILES string of the molecule is COc1ccc(N2C(=S)N[C@H](c3ccccn3)[C@H]2c2ccc(Sc3ccc(Cl)cc3)o2)cc1NS(C)(=O)=O. The van der Waals surface area contributed by atoms with Crippen molar-refractivity contribution in [1.82, 2.24) is 10.3 Å². The quantitative estimate of drug-likeness (QED) is 0.240. The molecular weight excluding hydrogens is 564 g/mol. The van der Waals surface area contributed by atoms with Gasteiger partial charge >= 0.3 is 0 Å². The van der Waals surface area contributed by atoms with Crippen LogP contribution in [0.5, 0.6) is 5.75 Å². The predicted octanol–water partition coefficient (Wildman–Crippen LogP) is 6.04. The highest BCUT2D eigenvalue weighted by Crippen LogP contribution is 2.44. The number of ether oxygens (including phenoxy) is 1. The molecule has 0 spiro atoms. The van der Waals surface area contributed by atoms with E-state index in [1.807, 2.05) is 65.6 Å². The average Bonchev–Trinajstić information content (AvgIpc) is 3.49. The molecule has 1 aliphatic rings. The van der Waals surface area contributed by atoms with Gasteiger partial charge in [0.25, 0.3) is 0 Å². The number of rotatable bonds is 8. The number of pyridine rings is 1. The zero-order valence-corrected chi connectivity index (χ0v) is 23.5. The first-order chi connectivity index (χ1) is 18.2. The summed E-state index contributed by atoms with van der Waals surface area (Å²) in [5, 5.41) is 5.19. The number of thiocarbonyl (C=S) groups is 1. The van der Waals surface area contributed by atoms with E-state index in [1.165, 1.54) is 18.9 Å². The van der Waals surface area contributed by atoms with Crippen molar-refractivity contribution in [2.75, 3.05) is 23.0 Å². The first-order valence-electron chi connectivity index (χ1n) is 11.4. The maximum Gasteiger partial charge on any atom is 0.229 e. The maximum absolute atomic E-state index is 12.0. The van der Waals surface area contributed by atoms with Gasteiger partial charge in [-0.25, -0.2) is 8.42 Å². The summed E-state index contributed by atoms with van der Waals surface area (Å²) in [5.74, 6) is 1.05. The zero-order chi connectivity index (χ0) is 26.9. The molecule has 2 aromatic heterocycles. The van der Waals surface area contributed by atoms with Crippen molar-refractivity contribution in [1.29, 1.82) is 0 Å². The van der Waals surface area contributed by atoms with Crippen LogP contribution in [0, 0.1) is 0 Å². The fourth-order valence-corrected chi connectivity index (χ4v) is 6.02. The lowest BCUT2D eigenvalue weighted by Gasteiger charge is -2.27. The van der Waals surface area contributed by atoms with E-state index in [0.29, 0.717) is 38.1 Å². The monoisotopic (exact) mass is 586 g/mol. The molecule has 2 aromatic carbocycles. The third kappa shape index (κ3) is 5.75. The van der Waals surface area contributed by atoms with Gasteiger partial charge in [0.15, 0.2) is 10.2 Å².